The first-order valence-corrected chi connectivity index (χ1v) is 8.60. The molecule has 2 aliphatic rings. The van der Waals surface area contributed by atoms with Gasteiger partial charge in [-0.2, -0.15) is 0 Å². The number of rotatable bonds is 4. The van der Waals surface area contributed by atoms with E-state index in [1.165, 1.54) is 6.42 Å². The molecule has 24 heavy (non-hydrogen) atoms. The fraction of sp³-hybridized carbons (Fsp3) is 0.556. The van der Waals surface area contributed by atoms with E-state index in [4.69, 9.17) is 4.74 Å². The predicted octanol–water partition coefficient (Wildman–Crippen LogP) is 2.34. The molecule has 1 aromatic carbocycles. The van der Waals surface area contributed by atoms with Crippen LogP contribution in [0, 0.1) is 0 Å². The molecule has 6 heteroatoms. The van der Waals surface area contributed by atoms with Crippen molar-refractivity contribution in [2.45, 2.75) is 32.2 Å². The lowest BCUT2D eigenvalue weighted by molar-refractivity contribution is -0.134. The Morgan fingerprint density at radius 2 is 1.92 bits per heavy atom. The van der Waals surface area contributed by atoms with Gasteiger partial charge < -0.3 is 14.5 Å². The van der Waals surface area contributed by atoms with Crippen molar-refractivity contribution in [3.05, 3.63) is 24.3 Å². The fourth-order valence-corrected chi connectivity index (χ4v) is 3.45. The van der Waals surface area contributed by atoms with Crippen molar-refractivity contribution >= 4 is 17.6 Å². The molecule has 3 rings (SSSR count). The molecular weight excluding hydrogens is 306 g/mol. The molecule has 2 saturated heterocycles. The number of amides is 3. The maximum atomic E-state index is 12.6. The van der Waals surface area contributed by atoms with Gasteiger partial charge >= 0.3 is 6.03 Å². The Morgan fingerprint density at radius 3 is 2.58 bits per heavy atom. The zero-order valence-electron chi connectivity index (χ0n) is 14.4. The molecular formula is C18H25N3O3. The third-order valence-electron chi connectivity index (χ3n) is 4.93. The highest BCUT2D eigenvalue weighted by molar-refractivity contribution is 5.96. The first-order chi connectivity index (χ1) is 11.6. The van der Waals surface area contributed by atoms with Crippen molar-refractivity contribution in [3.8, 4) is 5.75 Å². The highest BCUT2D eigenvalue weighted by Crippen LogP contribution is 2.23. The van der Waals surface area contributed by atoms with Gasteiger partial charge in [0.1, 0.15) is 12.3 Å². The minimum atomic E-state index is -0.0989. The van der Waals surface area contributed by atoms with E-state index >= 15 is 0 Å². The molecule has 2 aliphatic heterocycles. The Hall–Kier alpha value is -2.24. The Balaban J connectivity index is 1.62. The van der Waals surface area contributed by atoms with E-state index in [0.29, 0.717) is 13.1 Å². The van der Waals surface area contributed by atoms with E-state index < -0.39 is 0 Å². The molecule has 1 atom stereocenters. The van der Waals surface area contributed by atoms with Crippen LogP contribution in [0.4, 0.5) is 10.5 Å². The molecule has 0 radical (unpaired) electrons. The maximum Gasteiger partial charge on any atom is 0.325 e. The lowest BCUT2D eigenvalue weighted by Crippen LogP contribution is -2.47. The molecule has 0 aromatic heterocycles. The molecule has 0 N–H and O–H groups in total. The second kappa shape index (κ2) is 7.11. The van der Waals surface area contributed by atoms with E-state index in [0.717, 1.165) is 30.8 Å². The highest BCUT2D eigenvalue weighted by Gasteiger charge is 2.33. The minimum Gasteiger partial charge on any atom is -0.497 e. The summed E-state index contributed by atoms with van der Waals surface area (Å²) in [4.78, 5) is 30.4. The summed E-state index contributed by atoms with van der Waals surface area (Å²) >= 11 is 0. The van der Waals surface area contributed by atoms with Gasteiger partial charge in [0, 0.05) is 31.4 Å². The normalized spacial score (nSPS) is 21.3. The van der Waals surface area contributed by atoms with Gasteiger partial charge in [0.2, 0.25) is 5.91 Å². The monoisotopic (exact) mass is 331 g/mol. The lowest BCUT2D eigenvalue weighted by Gasteiger charge is -2.34. The summed E-state index contributed by atoms with van der Waals surface area (Å²) in [5.74, 6) is 0.823. The second-order valence-corrected chi connectivity index (χ2v) is 6.49. The third-order valence-corrected chi connectivity index (χ3v) is 4.93. The van der Waals surface area contributed by atoms with Crippen molar-refractivity contribution in [3.63, 3.8) is 0 Å². The molecule has 0 bridgehead atoms. The summed E-state index contributed by atoms with van der Waals surface area (Å²) in [6.45, 7) is 4.26. The Bertz CT molecular complexity index is 602. The number of methoxy groups -OCH3 is 1. The average Bonchev–Trinajstić information content (AvgIpc) is 2.96. The van der Waals surface area contributed by atoms with Crippen molar-refractivity contribution in [1.29, 1.82) is 0 Å². The number of carbonyl (C=O) groups excluding carboxylic acids is 2. The van der Waals surface area contributed by atoms with Gasteiger partial charge in [-0.1, -0.05) is 0 Å². The molecule has 3 amide bonds. The van der Waals surface area contributed by atoms with E-state index in [1.54, 1.807) is 16.9 Å². The van der Waals surface area contributed by atoms with Gasteiger partial charge in [0.15, 0.2) is 0 Å². The zero-order valence-corrected chi connectivity index (χ0v) is 14.4. The van der Waals surface area contributed by atoms with Crippen LogP contribution in [0.25, 0.3) is 0 Å². The third kappa shape index (κ3) is 3.32. The van der Waals surface area contributed by atoms with Gasteiger partial charge in [0.25, 0.3) is 0 Å². The summed E-state index contributed by atoms with van der Waals surface area (Å²) in [5.41, 5.74) is 0.835. The number of piperidine rings is 1. The number of hydrogen-bond donors (Lipinski definition) is 0. The minimum absolute atomic E-state index is 0.0622. The first-order valence-electron chi connectivity index (χ1n) is 8.60. The van der Waals surface area contributed by atoms with Crippen LogP contribution in [0.5, 0.6) is 5.75 Å². The van der Waals surface area contributed by atoms with Crippen LogP contribution >= 0.6 is 0 Å². The summed E-state index contributed by atoms with van der Waals surface area (Å²) < 4.78 is 5.15. The number of ether oxygens (including phenoxy) is 1. The summed E-state index contributed by atoms with van der Waals surface area (Å²) in [5, 5.41) is 0. The van der Waals surface area contributed by atoms with E-state index in [1.807, 2.05) is 29.2 Å². The van der Waals surface area contributed by atoms with Crippen LogP contribution in [0.1, 0.15) is 26.2 Å². The second-order valence-electron chi connectivity index (χ2n) is 6.49. The number of anilines is 1. The standard InChI is InChI=1S/C18H25N3O3/c1-14-5-3-4-10-20(14)17(22)13-19-11-12-21(18(19)23)15-6-8-16(24-2)9-7-15/h6-9,14H,3-5,10-13H2,1-2H3. The summed E-state index contributed by atoms with van der Waals surface area (Å²) in [7, 11) is 1.62. The summed E-state index contributed by atoms with van der Waals surface area (Å²) in [6, 6.07) is 7.60. The number of nitrogens with zero attached hydrogens (tertiary/aromatic N) is 3. The van der Waals surface area contributed by atoms with Crippen molar-refractivity contribution in [2.75, 3.05) is 38.2 Å². The largest absolute Gasteiger partial charge is 0.497 e. The van der Waals surface area contributed by atoms with Crippen LogP contribution in [-0.4, -0.2) is 61.1 Å². The Morgan fingerprint density at radius 1 is 1.17 bits per heavy atom. The molecule has 2 fully saturated rings. The lowest BCUT2D eigenvalue weighted by atomic mass is 10.0. The van der Waals surface area contributed by atoms with Gasteiger partial charge in [0.05, 0.1) is 7.11 Å². The molecule has 0 saturated carbocycles. The molecule has 6 nitrogen and oxygen atoms in total. The molecule has 0 spiro atoms. The zero-order chi connectivity index (χ0) is 17.1. The van der Waals surface area contributed by atoms with Crippen LogP contribution < -0.4 is 9.64 Å². The smallest absolute Gasteiger partial charge is 0.325 e. The Labute approximate surface area is 143 Å². The number of likely N-dealkylation sites (tertiary alicyclic amines) is 1. The highest BCUT2D eigenvalue weighted by atomic mass is 16.5. The first kappa shape index (κ1) is 16.6. The molecule has 1 unspecified atom stereocenters. The fourth-order valence-electron chi connectivity index (χ4n) is 3.45. The quantitative estimate of drug-likeness (QED) is 0.851. The van der Waals surface area contributed by atoms with Crippen molar-refractivity contribution < 1.29 is 14.3 Å². The van der Waals surface area contributed by atoms with Gasteiger partial charge in [-0.25, -0.2) is 4.79 Å². The van der Waals surface area contributed by atoms with Crippen LogP contribution in [0.15, 0.2) is 24.3 Å². The predicted molar refractivity (Wildman–Crippen MR) is 92.3 cm³/mol. The summed E-state index contributed by atoms with van der Waals surface area (Å²) in [6.07, 6.45) is 3.29. The number of urea groups is 1. The molecule has 2 heterocycles. The molecule has 0 aliphatic carbocycles. The van der Waals surface area contributed by atoms with Gasteiger partial charge in [-0.3, -0.25) is 9.69 Å². The number of hydrogen-bond acceptors (Lipinski definition) is 3. The number of carbonyl (C=O) groups is 2. The van der Waals surface area contributed by atoms with Gasteiger partial charge in [-0.15, -0.1) is 0 Å². The van der Waals surface area contributed by atoms with E-state index in [-0.39, 0.29) is 24.5 Å². The van der Waals surface area contributed by atoms with Crippen LogP contribution in [0.3, 0.4) is 0 Å². The Kier molecular flexibility index (Phi) is 4.92. The van der Waals surface area contributed by atoms with E-state index in [9.17, 15) is 9.59 Å². The van der Waals surface area contributed by atoms with Gasteiger partial charge in [-0.05, 0) is 50.5 Å². The molecule has 130 valence electrons. The van der Waals surface area contributed by atoms with Crippen molar-refractivity contribution in [1.82, 2.24) is 9.80 Å². The van der Waals surface area contributed by atoms with E-state index in [2.05, 4.69) is 6.92 Å². The maximum absolute atomic E-state index is 12.6. The van der Waals surface area contributed by atoms with Crippen LogP contribution in [-0.2, 0) is 4.79 Å². The average molecular weight is 331 g/mol. The topological polar surface area (TPSA) is 53.1 Å². The van der Waals surface area contributed by atoms with Crippen LogP contribution in [0.2, 0.25) is 0 Å². The number of benzene rings is 1. The molecule has 1 aromatic rings. The SMILES string of the molecule is COc1ccc(N2CCN(CC(=O)N3CCCCC3C)C2=O)cc1. The van der Waals surface area contributed by atoms with Crippen molar-refractivity contribution in [2.24, 2.45) is 0 Å².